The van der Waals surface area contributed by atoms with E-state index in [1.165, 1.54) is 0 Å². The summed E-state index contributed by atoms with van der Waals surface area (Å²) in [5, 5.41) is 6.33. The minimum Gasteiger partial charge on any atom is -0.479 e. The second-order valence-electron chi connectivity index (χ2n) is 3.89. The number of nitrogens with one attached hydrogen (secondary N) is 1. The molecule has 2 aromatic heterocycles. The predicted molar refractivity (Wildman–Crippen MR) is 74.6 cm³/mol. The number of anilines is 2. The molecule has 0 spiro atoms. The van der Waals surface area contributed by atoms with Gasteiger partial charge in [-0.25, -0.2) is 9.97 Å². The van der Waals surface area contributed by atoms with E-state index >= 15 is 0 Å². The topological polar surface area (TPSA) is 50.3 Å². The van der Waals surface area contributed by atoms with Gasteiger partial charge < -0.3 is 15.0 Å². The largest absolute Gasteiger partial charge is 0.479 e. The molecule has 96 valence electrons. The Morgan fingerprint density at radius 1 is 1.33 bits per heavy atom. The molecule has 2 aromatic rings. The van der Waals surface area contributed by atoms with Gasteiger partial charge in [-0.3, -0.25) is 0 Å². The Kier molecular flexibility index (Phi) is 3.99. The van der Waals surface area contributed by atoms with Gasteiger partial charge in [0.2, 0.25) is 5.88 Å². The Morgan fingerprint density at radius 3 is 2.78 bits per heavy atom. The van der Waals surface area contributed by atoms with Crippen molar-refractivity contribution >= 4 is 22.7 Å². The molecular weight excluding hydrogens is 248 g/mol. The number of aromatic nitrogens is 2. The van der Waals surface area contributed by atoms with Crippen LogP contribution in [0.3, 0.4) is 0 Å². The van der Waals surface area contributed by atoms with E-state index in [-0.39, 0.29) is 0 Å². The molecule has 2 rings (SSSR count). The molecule has 0 aliphatic heterocycles. The number of thiazole rings is 1. The lowest BCUT2D eigenvalue weighted by Gasteiger charge is -2.19. The maximum Gasteiger partial charge on any atom is 0.239 e. The SMILES string of the molecule is COc1nccc(N(C)C)c1NCc1nccs1. The number of hydrogen-bond acceptors (Lipinski definition) is 6. The number of pyridine rings is 1. The van der Waals surface area contributed by atoms with Crippen molar-refractivity contribution in [1.29, 1.82) is 0 Å². The first kappa shape index (κ1) is 12.6. The van der Waals surface area contributed by atoms with Crippen molar-refractivity contribution in [2.75, 3.05) is 31.4 Å². The summed E-state index contributed by atoms with van der Waals surface area (Å²) in [6.07, 6.45) is 3.54. The number of rotatable bonds is 5. The molecule has 0 atom stereocenters. The fourth-order valence-corrected chi connectivity index (χ4v) is 2.19. The molecule has 0 fully saturated rings. The normalized spacial score (nSPS) is 10.2. The lowest BCUT2D eigenvalue weighted by molar-refractivity contribution is 0.400. The predicted octanol–water partition coefficient (Wildman–Crippen LogP) is 2.22. The fourth-order valence-electron chi connectivity index (χ4n) is 1.63. The Morgan fingerprint density at radius 2 is 2.17 bits per heavy atom. The molecule has 5 nitrogen and oxygen atoms in total. The summed E-state index contributed by atoms with van der Waals surface area (Å²) in [5.41, 5.74) is 1.93. The molecule has 0 aliphatic carbocycles. The minimum absolute atomic E-state index is 0.595. The third-order valence-electron chi connectivity index (χ3n) is 2.47. The van der Waals surface area contributed by atoms with Crippen LogP contribution in [0.25, 0.3) is 0 Å². The van der Waals surface area contributed by atoms with Gasteiger partial charge in [0.15, 0.2) is 0 Å². The van der Waals surface area contributed by atoms with E-state index in [4.69, 9.17) is 4.74 Å². The summed E-state index contributed by atoms with van der Waals surface area (Å²) >= 11 is 1.62. The maximum atomic E-state index is 5.29. The Balaban J connectivity index is 2.23. The van der Waals surface area contributed by atoms with Crippen molar-refractivity contribution in [2.45, 2.75) is 6.54 Å². The highest BCUT2D eigenvalue weighted by Crippen LogP contribution is 2.32. The minimum atomic E-state index is 0.595. The Hall–Kier alpha value is -1.82. The first-order valence-corrected chi connectivity index (χ1v) is 6.43. The van der Waals surface area contributed by atoms with Crippen LogP contribution in [0.15, 0.2) is 23.8 Å². The van der Waals surface area contributed by atoms with Crippen LogP contribution in [0, 0.1) is 0 Å². The van der Waals surface area contributed by atoms with E-state index in [2.05, 4.69) is 15.3 Å². The van der Waals surface area contributed by atoms with Crippen LogP contribution in [0.2, 0.25) is 0 Å². The summed E-state index contributed by atoms with van der Waals surface area (Å²) < 4.78 is 5.29. The van der Waals surface area contributed by atoms with Crippen LogP contribution in [0.4, 0.5) is 11.4 Å². The summed E-state index contributed by atoms with van der Waals surface area (Å²) in [7, 11) is 5.60. The van der Waals surface area contributed by atoms with Gasteiger partial charge in [-0.05, 0) is 6.07 Å². The molecule has 18 heavy (non-hydrogen) atoms. The first-order chi connectivity index (χ1) is 8.72. The lowest BCUT2D eigenvalue weighted by atomic mass is 10.3. The summed E-state index contributed by atoms with van der Waals surface area (Å²) in [6, 6.07) is 1.95. The smallest absolute Gasteiger partial charge is 0.239 e. The van der Waals surface area contributed by atoms with E-state index in [0.717, 1.165) is 16.4 Å². The van der Waals surface area contributed by atoms with Crippen LogP contribution >= 0.6 is 11.3 Å². The zero-order valence-corrected chi connectivity index (χ0v) is 11.5. The van der Waals surface area contributed by atoms with E-state index in [9.17, 15) is 0 Å². The maximum absolute atomic E-state index is 5.29. The fraction of sp³-hybridized carbons (Fsp3) is 0.333. The van der Waals surface area contributed by atoms with Crippen molar-refractivity contribution in [1.82, 2.24) is 9.97 Å². The second kappa shape index (κ2) is 5.68. The van der Waals surface area contributed by atoms with Gasteiger partial charge in [-0.15, -0.1) is 11.3 Å². The van der Waals surface area contributed by atoms with Gasteiger partial charge in [0, 0.05) is 31.9 Å². The van der Waals surface area contributed by atoms with Crippen molar-refractivity contribution in [2.24, 2.45) is 0 Å². The summed E-state index contributed by atoms with van der Waals surface area (Å²) in [4.78, 5) is 10.5. The van der Waals surface area contributed by atoms with Crippen molar-refractivity contribution in [3.8, 4) is 5.88 Å². The zero-order valence-electron chi connectivity index (χ0n) is 10.7. The average molecular weight is 264 g/mol. The molecule has 0 aliphatic rings. The van der Waals surface area contributed by atoms with Gasteiger partial charge in [-0.1, -0.05) is 0 Å². The zero-order chi connectivity index (χ0) is 13.0. The third kappa shape index (κ3) is 2.70. The van der Waals surface area contributed by atoms with Gasteiger partial charge in [0.05, 0.1) is 19.3 Å². The Bertz CT molecular complexity index is 499. The van der Waals surface area contributed by atoms with Crippen molar-refractivity contribution in [3.63, 3.8) is 0 Å². The lowest BCUT2D eigenvalue weighted by Crippen LogP contribution is -2.13. The molecule has 0 saturated carbocycles. The molecule has 0 radical (unpaired) electrons. The standard InChI is InChI=1S/C12H16N4OS/c1-16(2)9-4-5-14-12(17-3)11(9)15-8-10-13-6-7-18-10/h4-7,15H,8H2,1-3H3. The van der Waals surface area contributed by atoms with Gasteiger partial charge in [0.1, 0.15) is 10.7 Å². The van der Waals surface area contributed by atoms with Crippen LogP contribution in [-0.2, 0) is 6.54 Å². The quantitative estimate of drug-likeness (QED) is 0.897. The first-order valence-electron chi connectivity index (χ1n) is 5.55. The van der Waals surface area contributed by atoms with Crippen LogP contribution in [0.5, 0.6) is 5.88 Å². The molecule has 6 heteroatoms. The molecule has 0 aromatic carbocycles. The number of hydrogen-bond donors (Lipinski definition) is 1. The monoisotopic (exact) mass is 264 g/mol. The summed E-state index contributed by atoms with van der Waals surface area (Å²) in [5.74, 6) is 0.595. The second-order valence-corrected chi connectivity index (χ2v) is 4.87. The van der Waals surface area contributed by atoms with Gasteiger partial charge in [0.25, 0.3) is 0 Å². The van der Waals surface area contributed by atoms with Gasteiger partial charge in [-0.2, -0.15) is 0 Å². The highest BCUT2D eigenvalue weighted by atomic mass is 32.1. The number of nitrogens with zero attached hydrogens (tertiary/aromatic N) is 3. The number of methoxy groups -OCH3 is 1. The molecular formula is C12H16N4OS. The van der Waals surface area contributed by atoms with E-state index < -0.39 is 0 Å². The number of ether oxygens (including phenoxy) is 1. The Labute approximate surface area is 110 Å². The molecule has 0 saturated heterocycles. The molecule has 0 bridgehead atoms. The van der Waals surface area contributed by atoms with Crippen molar-refractivity contribution in [3.05, 3.63) is 28.8 Å². The molecule has 0 unspecified atom stereocenters. The van der Waals surface area contributed by atoms with Crippen LogP contribution in [-0.4, -0.2) is 31.2 Å². The van der Waals surface area contributed by atoms with Crippen molar-refractivity contribution < 1.29 is 4.74 Å². The molecule has 1 N–H and O–H groups in total. The highest BCUT2D eigenvalue weighted by Gasteiger charge is 2.12. The van der Waals surface area contributed by atoms with E-state index in [0.29, 0.717) is 12.4 Å². The summed E-state index contributed by atoms with van der Waals surface area (Å²) in [6.45, 7) is 0.667. The molecule has 0 amide bonds. The van der Waals surface area contributed by atoms with Gasteiger partial charge >= 0.3 is 0 Å². The third-order valence-corrected chi connectivity index (χ3v) is 3.25. The van der Waals surface area contributed by atoms with Crippen LogP contribution in [0.1, 0.15) is 5.01 Å². The highest BCUT2D eigenvalue weighted by molar-refractivity contribution is 7.09. The average Bonchev–Trinajstić information content (AvgIpc) is 2.88. The van der Waals surface area contributed by atoms with E-state index in [1.807, 2.05) is 30.4 Å². The molecule has 2 heterocycles. The van der Waals surface area contributed by atoms with Crippen LogP contribution < -0.4 is 15.0 Å². The van der Waals surface area contributed by atoms with E-state index in [1.54, 1.807) is 30.8 Å².